The molecule has 1 amide bonds. The SMILES string of the molecule is CCOc1ccccc1NS(=O)(=O)c1ccc(/C=C/C(=O)NC)cc1. The van der Waals surface area contributed by atoms with E-state index in [9.17, 15) is 13.2 Å². The van der Waals surface area contributed by atoms with Crippen LogP contribution in [-0.2, 0) is 14.8 Å². The van der Waals surface area contributed by atoms with E-state index in [-0.39, 0.29) is 10.8 Å². The van der Waals surface area contributed by atoms with Gasteiger partial charge in [0.15, 0.2) is 0 Å². The largest absolute Gasteiger partial charge is 0.492 e. The van der Waals surface area contributed by atoms with Gasteiger partial charge >= 0.3 is 0 Å². The average molecular weight is 360 g/mol. The molecule has 0 atom stereocenters. The monoisotopic (exact) mass is 360 g/mol. The van der Waals surface area contributed by atoms with Gasteiger partial charge in [-0.25, -0.2) is 8.42 Å². The lowest BCUT2D eigenvalue weighted by molar-refractivity contribution is -0.115. The number of carbonyl (C=O) groups excluding carboxylic acids is 1. The molecule has 0 saturated heterocycles. The first kappa shape index (κ1) is 18.5. The highest BCUT2D eigenvalue weighted by Crippen LogP contribution is 2.26. The lowest BCUT2D eigenvalue weighted by Crippen LogP contribution is -2.14. The van der Waals surface area contributed by atoms with Crippen molar-refractivity contribution in [3.8, 4) is 5.75 Å². The van der Waals surface area contributed by atoms with E-state index in [0.29, 0.717) is 18.0 Å². The third-order valence-corrected chi connectivity index (χ3v) is 4.68. The molecule has 0 spiro atoms. The van der Waals surface area contributed by atoms with Crippen molar-refractivity contribution < 1.29 is 17.9 Å². The van der Waals surface area contributed by atoms with E-state index in [2.05, 4.69) is 10.0 Å². The van der Waals surface area contributed by atoms with Gasteiger partial charge in [-0.3, -0.25) is 9.52 Å². The van der Waals surface area contributed by atoms with Gasteiger partial charge in [-0.2, -0.15) is 0 Å². The van der Waals surface area contributed by atoms with E-state index in [1.807, 2.05) is 6.92 Å². The molecule has 0 unspecified atom stereocenters. The van der Waals surface area contributed by atoms with Crippen LogP contribution >= 0.6 is 0 Å². The maximum Gasteiger partial charge on any atom is 0.262 e. The molecule has 0 aliphatic carbocycles. The molecule has 0 fully saturated rings. The van der Waals surface area contributed by atoms with Crippen LogP contribution in [0.15, 0.2) is 59.5 Å². The number of rotatable bonds is 7. The molecule has 2 aromatic rings. The summed E-state index contributed by atoms with van der Waals surface area (Å²) in [6.07, 6.45) is 2.98. The van der Waals surface area contributed by atoms with Crippen LogP contribution in [0.5, 0.6) is 5.75 Å². The summed E-state index contributed by atoms with van der Waals surface area (Å²) in [7, 11) is -2.20. The minimum atomic E-state index is -3.74. The number of nitrogens with one attached hydrogen (secondary N) is 2. The molecule has 0 aromatic heterocycles. The van der Waals surface area contributed by atoms with Crippen LogP contribution in [0.3, 0.4) is 0 Å². The van der Waals surface area contributed by atoms with Crippen molar-refractivity contribution in [2.24, 2.45) is 0 Å². The molecule has 0 bridgehead atoms. The number of carbonyl (C=O) groups is 1. The molecule has 2 rings (SSSR count). The van der Waals surface area contributed by atoms with Gasteiger partial charge in [-0.05, 0) is 42.8 Å². The van der Waals surface area contributed by atoms with Gasteiger partial charge in [0.05, 0.1) is 17.2 Å². The summed E-state index contributed by atoms with van der Waals surface area (Å²) in [6.45, 7) is 2.27. The van der Waals surface area contributed by atoms with Crippen LogP contribution in [0.4, 0.5) is 5.69 Å². The Kier molecular flexibility index (Phi) is 6.19. The number of ether oxygens (including phenoxy) is 1. The Morgan fingerprint density at radius 1 is 1.12 bits per heavy atom. The molecule has 0 aliphatic rings. The first-order valence-electron chi connectivity index (χ1n) is 7.71. The second-order valence-electron chi connectivity index (χ2n) is 5.05. The summed E-state index contributed by atoms with van der Waals surface area (Å²) in [5.74, 6) is 0.240. The molecule has 7 heteroatoms. The average Bonchev–Trinajstić information content (AvgIpc) is 2.61. The number of hydrogen-bond acceptors (Lipinski definition) is 4. The van der Waals surface area contributed by atoms with Crippen LogP contribution in [0.2, 0.25) is 0 Å². The van der Waals surface area contributed by atoms with Crippen molar-refractivity contribution in [1.82, 2.24) is 5.32 Å². The molecule has 0 aliphatic heterocycles. The van der Waals surface area contributed by atoms with E-state index < -0.39 is 10.0 Å². The molecule has 2 aromatic carbocycles. The maximum absolute atomic E-state index is 12.5. The number of para-hydroxylation sites is 2. The minimum absolute atomic E-state index is 0.121. The van der Waals surface area contributed by atoms with Gasteiger partial charge in [0.25, 0.3) is 10.0 Å². The van der Waals surface area contributed by atoms with Crippen LogP contribution in [0.25, 0.3) is 6.08 Å². The van der Waals surface area contributed by atoms with Crippen LogP contribution < -0.4 is 14.8 Å². The zero-order chi connectivity index (χ0) is 18.3. The minimum Gasteiger partial charge on any atom is -0.492 e. The van der Waals surface area contributed by atoms with Crippen LogP contribution in [0, 0.1) is 0 Å². The fourth-order valence-corrected chi connectivity index (χ4v) is 3.12. The van der Waals surface area contributed by atoms with Crippen molar-refractivity contribution in [3.63, 3.8) is 0 Å². The number of benzene rings is 2. The highest BCUT2D eigenvalue weighted by atomic mass is 32.2. The Labute approximate surface area is 147 Å². The van der Waals surface area contributed by atoms with Gasteiger partial charge in [0, 0.05) is 13.1 Å². The summed E-state index contributed by atoms with van der Waals surface area (Å²) in [5, 5.41) is 2.47. The van der Waals surface area contributed by atoms with E-state index in [1.165, 1.54) is 25.3 Å². The summed E-state index contributed by atoms with van der Waals surface area (Å²) in [5.41, 5.74) is 1.10. The Morgan fingerprint density at radius 2 is 1.80 bits per heavy atom. The fraction of sp³-hybridized carbons (Fsp3) is 0.167. The molecule has 0 heterocycles. The van der Waals surface area contributed by atoms with Crippen molar-refractivity contribution in [1.29, 1.82) is 0 Å². The van der Waals surface area contributed by atoms with Gasteiger partial charge in [-0.1, -0.05) is 24.3 Å². The van der Waals surface area contributed by atoms with E-state index in [0.717, 1.165) is 5.56 Å². The third-order valence-electron chi connectivity index (χ3n) is 3.30. The van der Waals surface area contributed by atoms with Gasteiger partial charge in [0.2, 0.25) is 5.91 Å². The predicted molar refractivity (Wildman–Crippen MR) is 98.0 cm³/mol. The number of hydrogen-bond donors (Lipinski definition) is 2. The highest BCUT2D eigenvalue weighted by Gasteiger charge is 2.16. The van der Waals surface area contributed by atoms with Gasteiger partial charge in [-0.15, -0.1) is 0 Å². The van der Waals surface area contributed by atoms with E-state index in [4.69, 9.17) is 4.74 Å². The topological polar surface area (TPSA) is 84.5 Å². The second-order valence-corrected chi connectivity index (χ2v) is 6.73. The summed E-state index contributed by atoms with van der Waals surface area (Å²) in [6, 6.07) is 13.1. The Balaban J connectivity index is 2.20. The third kappa shape index (κ3) is 5.09. The molecular formula is C18H20N2O4S. The lowest BCUT2D eigenvalue weighted by Gasteiger charge is -2.12. The normalized spacial score (nSPS) is 11.3. The molecule has 0 saturated carbocycles. The number of likely N-dealkylation sites (N-methyl/N-ethyl adjacent to an activating group) is 1. The predicted octanol–water partition coefficient (Wildman–Crippen LogP) is 2.65. The van der Waals surface area contributed by atoms with Crippen LogP contribution in [-0.4, -0.2) is 28.0 Å². The summed E-state index contributed by atoms with van der Waals surface area (Å²) >= 11 is 0. The van der Waals surface area contributed by atoms with Crippen LogP contribution in [0.1, 0.15) is 12.5 Å². The molecule has 25 heavy (non-hydrogen) atoms. The second kappa shape index (κ2) is 8.34. The first-order chi connectivity index (χ1) is 12.0. The summed E-state index contributed by atoms with van der Waals surface area (Å²) < 4.78 is 33.0. The Morgan fingerprint density at radius 3 is 2.44 bits per heavy atom. The zero-order valence-electron chi connectivity index (χ0n) is 14.0. The Hall–Kier alpha value is -2.80. The number of sulfonamides is 1. The maximum atomic E-state index is 12.5. The Bertz CT molecular complexity index is 859. The number of anilines is 1. The number of amides is 1. The van der Waals surface area contributed by atoms with Crippen molar-refractivity contribution in [2.45, 2.75) is 11.8 Å². The molecular weight excluding hydrogens is 340 g/mol. The molecule has 132 valence electrons. The van der Waals surface area contributed by atoms with Gasteiger partial charge < -0.3 is 10.1 Å². The zero-order valence-corrected chi connectivity index (χ0v) is 14.8. The molecule has 0 radical (unpaired) electrons. The lowest BCUT2D eigenvalue weighted by atomic mass is 10.2. The van der Waals surface area contributed by atoms with E-state index in [1.54, 1.807) is 42.5 Å². The highest BCUT2D eigenvalue weighted by molar-refractivity contribution is 7.92. The first-order valence-corrected chi connectivity index (χ1v) is 9.19. The molecule has 6 nitrogen and oxygen atoms in total. The van der Waals surface area contributed by atoms with E-state index >= 15 is 0 Å². The smallest absolute Gasteiger partial charge is 0.262 e. The molecule has 2 N–H and O–H groups in total. The standard InChI is InChI=1S/C18H20N2O4S/c1-3-24-17-7-5-4-6-16(17)20-25(22,23)15-11-8-14(9-12-15)10-13-18(21)19-2/h4-13,20H,3H2,1-2H3,(H,19,21)/b13-10+. The van der Waals surface area contributed by atoms with Crippen molar-refractivity contribution >= 4 is 27.7 Å². The van der Waals surface area contributed by atoms with Gasteiger partial charge in [0.1, 0.15) is 5.75 Å². The quantitative estimate of drug-likeness (QED) is 0.744. The summed E-state index contributed by atoms with van der Waals surface area (Å²) in [4.78, 5) is 11.3. The fourth-order valence-electron chi connectivity index (χ4n) is 2.05. The van der Waals surface area contributed by atoms with Crippen molar-refractivity contribution in [3.05, 3.63) is 60.2 Å². The van der Waals surface area contributed by atoms with Crippen molar-refractivity contribution in [2.75, 3.05) is 18.4 Å².